The van der Waals surface area contributed by atoms with Crippen molar-refractivity contribution in [3.63, 3.8) is 0 Å². The Morgan fingerprint density at radius 2 is 1.96 bits per heavy atom. The van der Waals surface area contributed by atoms with Crippen LogP contribution in [-0.2, 0) is 4.79 Å². The number of amides is 2. The molecule has 0 aliphatic carbocycles. The van der Waals surface area contributed by atoms with Crippen LogP contribution >= 0.6 is 0 Å². The molecule has 26 heavy (non-hydrogen) atoms. The number of rotatable bonds is 5. The number of nitrogens with zero attached hydrogens (tertiary/aromatic N) is 1. The molecule has 6 nitrogen and oxygen atoms in total. The van der Waals surface area contributed by atoms with E-state index in [0.717, 1.165) is 22.0 Å². The monoisotopic (exact) mass is 348 g/mol. The van der Waals surface area contributed by atoms with Gasteiger partial charge in [-0.2, -0.15) is 0 Å². The van der Waals surface area contributed by atoms with E-state index < -0.39 is 0 Å². The molecule has 0 bridgehead atoms. The molecule has 0 aliphatic heterocycles. The van der Waals surface area contributed by atoms with Crippen molar-refractivity contribution in [3.05, 3.63) is 66.0 Å². The second-order valence-corrected chi connectivity index (χ2v) is 5.90. The molecule has 0 saturated heterocycles. The fourth-order valence-electron chi connectivity index (χ4n) is 2.75. The predicted molar refractivity (Wildman–Crippen MR) is 103 cm³/mol. The summed E-state index contributed by atoms with van der Waals surface area (Å²) < 4.78 is 0. The highest BCUT2D eigenvalue weighted by molar-refractivity contribution is 5.99. The van der Waals surface area contributed by atoms with Gasteiger partial charge in [-0.15, -0.1) is 0 Å². The fourth-order valence-corrected chi connectivity index (χ4v) is 2.75. The molecule has 132 valence electrons. The maximum absolute atomic E-state index is 12.3. The first-order valence-electron chi connectivity index (χ1n) is 8.27. The first-order chi connectivity index (χ1) is 12.6. The fraction of sp³-hybridized carbons (Fsp3) is 0.150. The Morgan fingerprint density at radius 3 is 2.77 bits per heavy atom. The molecular weight excluding hydrogens is 328 g/mol. The van der Waals surface area contributed by atoms with E-state index in [4.69, 9.17) is 0 Å². The summed E-state index contributed by atoms with van der Waals surface area (Å²) in [6.07, 6.45) is 3.54. The van der Waals surface area contributed by atoms with Gasteiger partial charge in [-0.05, 0) is 48.2 Å². The predicted octanol–water partition coefficient (Wildman–Crippen LogP) is 2.95. The van der Waals surface area contributed by atoms with Crippen LogP contribution in [-0.4, -0.2) is 30.4 Å². The third-order valence-electron chi connectivity index (χ3n) is 4.17. The molecule has 0 atom stereocenters. The summed E-state index contributed by atoms with van der Waals surface area (Å²) in [4.78, 5) is 28.1. The molecular formula is C20H20N4O2. The lowest BCUT2D eigenvalue weighted by atomic mass is 10.1. The van der Waals surface area contributed by atoms with Gasteiger partial charge in [-0.25, -0.2) is 0 Å². The van der Waals surface area contributed by atoms with Crippen LogP contribution in [0, 0.1) is 6.92 Å². The van der Waals surface area contributed by atoms with Gasteiger partial charge in [-0.3, -0.25) is 14.6 Å². The van der Waals surface area contributed by atoms with E-state index in [9.17, 15) is 9.59 Å². The van der Waals surface area contributed by atoms with Crippen molar-refractivity contribution < 1.29 is 9.59 Å². The Morgan fingerprint density at radius 1 is 1.12 bits per heavy atom. The molecule has 0 saturated carbocycles. The van der Waals surface area contributed by atoms with Gasteiger partial charge < -0.3 is 16.0 Å². The molecule has 2 aromatic carbocycles. The van der Waals surface area contributed by atoms with Crippen LogP contribution in [0.4, 0.5) is 11.4 Å². The summed E-state index contributed by atoms with van der Waals surface area (Å²) in [5, 5.41) is 10.6. The lowest BCUT2D eigenvalue weighted by Gasteiger charge is -2.12. The topological polar surface area (TPSA) is 83.1 Å². The molecule has 0 radical (unpaired) electrons. The summed E-state index contributed by atoms with van der Waals surface area (Å²) >= 11 is 0. The van der Waals surface area contributed by atoms with Crippen LogP contribution in [0.3, 0.4) is 0 Å². The van der Waals surface area contributed by atoms with E-state index in [0.29, 0.717) is 11.3 Å². The zero-order valence-corrected chi connectivity index (χ0v) is 14.7. The van der Waals surface area contributed by atoms with E-state index in [1.165, 1.54) is 0 Å². The Bertz CT molecular complexity index is 969. The van der Waals surface area contributed by atoms with Gasteiger partial charge >= 0.3 is 0 Å². The van der Waals surface area contributed by atoms with Crippen molar-refractivity contribution in [2.75, 3.05) is 24.2 Å². The first-order valence-corrected chi connectivity index (χ1v) is 8.27. The van der Waals surface area contributed by atoms with Crippen molar-refractivity contribution in [1.82, 2.24) is 10.3 Å². The summed E-state index contributed by atoms with van der Waals surface area (Å²) in [5.41, 5.74) is 3.02. The number of aryl methyl sites for hydroxylation is 1. The number of fused-ring (bicyclic) bond motifs is 1. The van der Waals surface area contributed by atoms with Gasteiger partial charge in [0.1, 0.15) is 0 Å². The summed E-state index contributed by atoms with van der Waals surface area (Å²) in [6.45, 7) is 2.07. The van der Waals surface area contributed by atoms with Crippen LogP contribution in [0.15, 0.2) is 54.9 Å². The third kappa shape index (κ3) is 3.80. The average molecular weight is 348 g/mol. The highest BCUT2D eigenvalue weighted by Crippen LogP contribution is 2.24. The van der Waals surface area contributed by atoms with Gasteiger partial charge in [0.2, 0.25) is 5.91 Å². The normalized spacial score (nSPS) is 10.4. The number of nitrogens with one attached hydrogen (secondary N) is 3. The number of pyridine rings is 1. The number of carbonyl (C=O) groups is 2. The zero-order valence-electron chi connectivity index (χ0n) is 14.7. The molecule has 1 aromatic heterocycles. The van der Waals surface area contributed by atoms with Crippen molar-refractivity contribution in [2.24, 2.45) is 0 Å². The second kappa shape index (κ2) is 7.65. The molecule has 3 aromatic rings. The highest BCUT2D eigenvalue weighted by atomic mass is 16.2. The minimum Gasteiger partial charge on any atom is -0.376 e. The number of hydrogen-bond donors (Lipinski definition) is 3. The van der Waals surface area contributed by atoms with E-state index >= 15 is 0 Å². The first kappa shape index (κ1) is 17.4. The van der Waals surface area contributed by atoms with Crippen molar-refractivity contribution >= 4 is 34.0 Å². The summed E-state index contributed by atoms with van der Waals surface area (Å²) in [5.74, 6) is -0.328. The van der Waals surface area contributed by atoms with Crippen LogP contribution in [0.5, 0.6) is 0 Å². The van der Waals surface area contributed by atoms with Crippen molar-refractivity contribution in [1.29, 1.82) is 0 Å². The number of carbonyl (C=O) groups excluding carboxylic acids is 2. The summed E-state index contributed by atoms with van der Waals surface area (Å²) in [7, 11) is 1.58. The molecule has 6 heteroatoms. The number of hydrogen-bond acceptors (Lipinski definition) is 4. The van der Waals surface area contributed by atoms with E-state index in [2.05, 4.69) is 20.9 Å². The van der Waals surface area contributed by atoms with Crippen LogP contribution < -0.4 is 16.0 Å². The molecule has 0 aliphatic rings. The molecule has 0 spiro atoms. The largest absolute Gasteiger partial charge is 0.376 e. The maximum atomic E-state index is 12.3. The van der Waals surface area contributed by atoms with E-state index in [1.807, 2.05) is 31.2 Å². The molecule has 0 fully saturated rings. The Balaban J connectivity index is 1.66. The Hall–Kier alpha value is -3.41. The highest BCUT2D eigenvalue weighted by Gasteiger charge is 2.08. The number of aromatic nitrogens is 1. The molecule has 2 amide bonds. The van der Waals surface area contributed by atoms with Gasteiger partial charge in [0.15, 0.2) is 0 Å². The van der Waals surface area contributed by atoms with Crippen molar-refractivity contribution in [3.8, 4) is 0 Å². The average Bonchev–Trinajstić information content (AvgIpc) is 2.68. The Kier molecular flexibility index (Phi) is 5.12. The number of anilines is 2. The molecule has 3 N–H and O–H groups in total. The molecule has 3 rings (SSSR count). The quantitative estimate of drug-likeness (QED) is 0.662. The minimum absolute atomic E-state index is 0.102. The van der Waals surface area contributed by atoms with Crippen LogP contribution in [0.1, 0.15) is 15.9 Å². The number of benzene rings is 2. The van der Waals surface area contributed by atoms with Gasteiger partial charge in [0.25, 0.3) is 5.91 Å². The summed E-state index contributed by atoms with van der Waals surface area (Å²) in [6, 6.07) is 12.8. The minimum atomic E-state index is -0.167. The smallest absolute Gasteiger partial charge is 0.251 e. The van der Waals surface area contributed by atoms with Gasteiger partial charge in [0.05, 0.1) is 6.54 Å². The van der Waals surface area contributed by atoms with Crippen LogP contribution in [0.2, 0.25) is 0 Å². The lowest BCUT2D eigenvalue weighted by Crippen LogP contribution is -2.22. The standard InChI is InChI=1S/C20H20N4O2/c1-13-17-8-9-22-11-15(17)6-7-18(13)24-19(25)12-23-16-5-3-4-14(10-16)20(26)21-2/h3-11,23H,12H2,1-2H3,(H,21,26)(H,24,25). The van der Waals surface area contributed by atoms with E-state index in [-0.39, 0.29) is 18.4 Å². The van der Waals surface area contributed by atoms with E-state index in [1.54, 1.807) is 37.6 Å². The van der Waals surface area contributed by atoms with Crippen LogP contribution in [0.25, 0.3) is 10.8 Å². The van der Waals surface area contributed by atoms with Gasteiger partial charge in [-0.1, -0.05) is 12.1 Å². The molecule has 1 heterocycles. The van der Waals surface area contributed by atoms with Gasteiger partial charge in [0, 0.05) is 41.8 Å². The zero-order chi connectivity index (χ0) is 18.5. The van der Waals surface area contributed by atoms with Crippen molar-refractivity contribution in [2.45, 2.75) is 6.92 Å². The Labute approximate surface area is 151 Å². The lowest BCUT2D eigenvalue weighted by molar-refractivity contribution is -0.114. The molecule has 0 unspecified atom stereocenters. The third-order valence-corrected chi connectivity index (χ3v) is 4.17. The SMILES string of the molecule is CNC(=O)c1cccc(NCC(=O)Nc2ccc3cnccc3c2C)c1. The maximum Gasteiger partial charge on any atom is 0.251 e. The second-order valence-electron chi connectivity index (χ2n) is 5.90.